The maximum atomic E-state index is 12.1. The fourth-order valence-corrected chi connectivity index (χ4v) is 7.89. The number of thioether (sulfide) groups is 1. The van der Waals surface area contributed by atoms with Crippen LogP contribution in [0.4, 0.5) is 4.79 Å². The molecule has 14 heteroatoms. The average molecular weight is 692 g/mol. The molecule has 0 saturated carbocycles. The third kappa shape index (κ3) is 19.0. The number of nitrogens with zero attached hydrogens (tertiary/aromatic N) is 1. The van der Waals surface area contributed by atoms with Crippen molar-refractivity contribution in [2.75, 3.05) is 46.2 Å². The van der Waals surface area contributed by atoms with Crippen molar-refractivity contribution in [3.63, 3.8) is 0 Å². The minimum atomic E-state index is -4.18. The van der Waals surface area contributed by atoms with Crippen LogP contribution in [-0.2, 0) is 18.4 Å². The van der Waals surface area contributed by atoms with E-state index in [-0.39, 0.29) is 37.2 Å². The second-order valence-electron chi connectivity index (χ2n) is 12.9. The second-order valence-corrected chi connectivity index (χ2v) is 15.6. The number of nitrogens with two attached hydrogens (primary N) is 1. The number of allylic oxidation sites excluding steroid dienone is 1. The van der Waals surface area contributed by atoms with Gasteiger partial charge in [-0.05, 0) is 46.2 Å². The largest absolute Gasteiger partial charge is 0.472 e. The molecule has 7 N–H and O–H groups in total. The molecule has 2 rings (SSSR count). The van der Waals surface area contributed by atoms with Gasteiger partial charge in [-0.2, -0.15) is 11.8 Å². The summed E-state index contributed by atoms with van der Waals surface area (Å²) in [4.78, 5) is 35.1. The Labute approximate surface area is 281 Å². The first-order valence-corrected chi connectivity index (χ1v) is 19.9. The molecule has 0 radical (unpaired) electrons. The SMILES string of the molecule is CN(C)CCOP(=O)(O)OC[C@H](N)[C@@H](O)/C=C/CCCCCCCCCCCCCNC(=O)CCCCC1SC[C@H]2NC(=O)N[C@@H]12. The van der Waals surface area contributed by atoms with Crippen LogP contribution < -0.4 is 21.7 Å². The van der Waals surface area contributed by atoms with Gasteiger partial charge in [0.2, 0.25) is 5.91 Å². The maximum Gasteiger partial charge on any atom is 0.472 e. The first kappa shape index (κ1) is 41.0. The number of unbranched alkanes of at least 4 members (excludes halogenated alkanes) is 12. The van der Waals surface area contributed by atoms with E-state index >= 15 is 0 Å². The molecule has 0 aromatic heterocycles. The number of phosphoric acid groups is 1. The van der Waals surface area contributed by atoms with Gasteiger partial charge in [-0.3, -0.25) is 13.8 Å². The minimum Gasteiger partial charge on any atom is -0.387 e. The molecule has 12 nitrogen and oxygen atoms in total. The molecular formula is C32H62N5O7PS. The van der Waals surface area contributed by atoms with Crippen LogP contribution in [0.15, 0.2) is 12.2 Å². The summed E-state index contributed by atoms with van der Waals surface area (Å²) in [5.74, 6) is 1.14. The predicted molar refractivity (Wildman–Crippen MR) is 186 cm³/mol. The lowest BCUT2D eigenvalue weighted by atomic mass is 10.0. The Morgan fingerprint density at radius 3 is 2.37 bits per heavy atom. The third-order valence-electron chi connectivity index (χ3n) is 8.45. The number of aliphatic hydroxyl groups is 1. The molecule has 0 bridgehead atoms. The van der Waals surface area contributed by atoms with Crippen LogP contribution in [0.2, 0.25) is 0 Å². The second kappa shape index (κ2) is 24.0. The van der Waals surface area contributed by atoms with E-state index in [0.717, 1.165) is 63.7 Å². The summed E-state index contributed by atoms with van der Waals surface area (Å²) in [6, 6.07) is -0.339. The summed E-state index contributed by atoms with van der Waals surface area (Å²) in [6.07, 6.45) is 20.1. The van der Waals surface area contributed by atoms with E-state index < -0.39 is 20.0 Å². The number of nitrogens with one attached hydrogen (secondary N) is 3. The third-order valence-corrected chi connectivity index (χ3v) is 10.9. The van der Waals surface area contributed by atoms with Crippen LogP contribution in [0, 0.1) is 0 Å². The number of aliphatic hydroxyl groups excluding tert-OH is 1. The zero-order chi connectivity index (χ0) is 33.6. The first-order valence-electron chi connectivity index (χ1n) is 17.4. The normalized spacial score (nSPS) is 22.0. The number of urea groups is 1. The highest BCUT2D eigenvalue weighted by atomic mass is 32.2. The van der Waals surface area contributed by atoms with Gasteiger partial charge < -0.3 is 36.6 Å². The van der Waals surface area contributed by atoms with Gasteiger partial charge in [0.05, 0.1) is 37.4 Å². The quantitative estimate of drug-likeness (QED) is 0.0298. The van der Waals surface area contributed by atoms with Crippen LogP contribution in [0.25, 0.3) is 0 Å². The van der Waals surface area contributed by atoms with Crippen molar-refractivity contribution in [3.8, 4) is 0 Å². The van der Waals surface area contributed by atoms with Crippen molar-refractivity contribution >= 4 is 31.5 Å². The smallest absolute Gasteiger partial charge is 0.387 e. The molecule has 2 saturated heterocycles. The zero-order valence-corrected chi connectivity index (χ0v) is 29.9. The van der Waals surface area contributed by atoms with Crippen molar-refractivity contribution in [2.24, 2.45) is 5.73 Å². The summed E-state index contributed by atoms with van der Waals surface area (Å²) in [5, 5.41) is 19.7. The highest BCUT2D eigenvalue weighted by molar-refractivity contribution is 8.00. The molecule has 0 aromatic rings. The molecule has 2 heterocycles. The van der Waals surface area contributed by atoms with Crippen molar-refractivity contribution in [1.29, 1.82) is 0 Å². The summed E-state index contributed by atoms with van der Waals surface area (Å²) >= 11 is 1.93. The molecule has 0 aromatic carbocycles. The fraction of sp³-hybridized carbons (Fsp3) is 0.875. The van der Waals surface area contributed by atoms with Crippen molar-refractivity contribution in [2.45, 2.75) is 132 Å². The number of phosphoric ester groups is 1. The number of likely N-dealkylation sites (N-methyl/N-ethyl adjacent to an activating group) is 1. The average Bonchev–Trinajstić information content (AvgIpc) is 3.56. The highest BCUT2D eigenvalue weighted by Crippen LogP contribution is 2.43. The maximum absolute atomic E-state index is 12.1. The van der Waals surface area contributed by atoms with Crippen LogP contribution >= 0.6 is 19.6 Å². The van der Waals surface area contributed by atoms with E-state index in [9.17, 15) is 24.2 Å². The Hall–Kier alpha value is -1.18. The van der Waals surface area contributed by atoms with Crippen LogP contribution in [0.3, 0.4) is 0 Å². The van der Waals surface area contributed by atoms with Gasteiger partial charge >= 0.3 is 13.9 Å². The Bertz CT molecular complexity index is 931. The van der Waals surface area contributed by atoms with E-state index in [1.807, 2.05) is 36.8 Å². The lowest BCUT2D eigenvalue weighted by Gasteiger charge is -2.18. The monoisotopic (exact) mass is 691 g/mol. The van der Waals surface area contributed by atoms with Crippen molar-refractivity contribution in [3.05, 3.63) is 12.2 Å². The molecular weight excluding hydrogens is 629 g/mol. The van der Waals surface area contributed by atoms with Gasteiger partial charge in [-0.25, -0.2) is 9.36 Å². The Morgan fingerprint density at radius 1 is 1.04 bits per heavy atom. The van der Waals surface area contributed by atoms with Crippen molar-refractivity contribution in [1.82, 2.24) is 20.9 Å². The molecule has 2 aliphatic rings. The number of hydrogen-bond donors (Lipinski definition) is 6. The van der Waals surface area contributed by atoms with Crippen LogP contribution in [0.1, 0.15) is 103 Å². The van der Waals surface area contributed by atoms with Gasteiger partial charge in [0.15, 0.2) is 0 Å². The van der Waals surface area contributed by atoms with E-state index in [1.165, 1.54) is 44.9 Å². The number of carbonyl (C=O) groups is 2. The fourth-order valence-electron chi connectivity index (χ4n) is 5.60. The van der Waals surface area contributed by atoms with Gasteiger partial charge in [-0.1, -0.05) is 76.4 Å². The van der Waals surface area contributed by atoms with E-state index in [1.54, 1.807) is 6.08 Å². The number of hydrogen-bond acceptors (Lipinski definition) is 9. The molecule has 0 aliphatic carbocycles. The van der Waals surface area contributed by atoms with Crippen molar-refractivity contribution < 1.29 is 33.2 Å². The van der Waals surface area contributed by atoms with Gasteiger partial charge in [0, 0.05) is 30.5 Å². The van der Waals surface area contributed by atoms with Crippen LogP contribution in [-0.4, -0.2) is 102 Å². The van der Waals surface area contributed by atoms with Crippen LogP contribution in [0.5, 0.6) is 0 Å². The molecule has 6 atom stereocenters. The Balaban J connectivity index is 1.30. The van der Waals surface area contributed by atoms with Gasteiger partial charge in [-0.15, -0.1) is 0 Å². The Kier molecular flexibility index (Phi) is 21.4. The van der Waals surface area contributed by atoms with Gasteiger partial charge in [0.25, 0.3) is 0 Å². The molecule has 46 heavy (non-hydrogen) atoms. The highest BCUT2D eigenvalue weighted by Gasteiger charge is 2.42. The van der Waals surface area contributed by atoms with E-state index in [0.29, 0.717) is 18.2 Å². The number of carbonyl (C=O) groups excluding carboxylic acids is 2. The molecule has 0 spiro atoms. The zero-order valence-electron chi connectivity index (χ0n) is 28.2. The first-order chi connectivity index (χ1) is 22.1. The van der Waals surface area contributed by atoms with E-state index in [2.05, 4.69) is 16.0 Å². The number of rotatable bonds is 28. The van der Waals surface area contributed by atoms with E-state index in [4.69, 9.17) is 14.8 Å². The standard InChI is InChI=1S/C32H62N5O7PS/c1-37(2)22-23-43-45(41,42)44-24-26(33)28(38)18-14-12-10-8-6-4-3-5-7-9-11-13-17-21-34-30(39)20-16-15-19-29-31-27(25-46-29)35-32(40)36-31/h14,18,26-29,31,38H,3-13,15-17,19-25,33H2,1-2H3,(H,34,39)(H,41,42)(H2,35,36,40)/b18-14+/t26-,27+,28-,29?,31+/m0/s1. The lowest BCUT2D eigenvalue weighted by molar-refractivity contribution is -0.121. The topological polar surface area (TPSA) is 175 Å². The summed E-state index contributed by atoms with van der Waals surface area (Å²) in [5.41, 5.74) is 5.87. The number of fused-ring (bicyclic) bond motifs is 1. The molecule has 2 aliphatic heterocycles. The molecule has 268 valence electrons. The molecule has 2 fully saturated rings. The molecule has 2 unspecified atom stereocenters. The summed E-state index contributed by atoms with van der Waals surface area (Å²) < 4.78 is 21.6. The number of amides is 3. The minimum absolute atomic E-state index is 0.0428. The van der Waals surface area contributed by atoms with Gasteiger partial charge in [0.1, 0.15) is 0 Å². The summed E-state index contributed by atoms with van der Waals surface area (Å²) in [6.45, 7) is 1.05. The molecule has 3 amide bonds. The lowest BCUT2D eigenvalue weighted by Crippen LogP contribution is -2.37. The Morgan fingerprint density at radius 2 is 1.70 bits per heavy atom. The summed E-state index contributed by atoms with van der Waals surface area (Å²) in [7, 11) is -0.522. The predicted octanol–water partition coefficient (Wildman–Crippen LogP) is 4.45.